The molecule has 0 fully saturated rings. The van der Waals surface area contributed by atoms with E-state index in [9.17, 15) is 0 Å². The van der Waals surface area contributed by atoms with Gasteiger partial charge in [-0.3, -0.25) is 0 Å². The second-order valence-corrected chi connectivity index (χ2v) is 3.11. The summed E-state index contributed by atoms with van der Waals surface area (Å²) in [6, 6.07) is 4.07. The van der Waals surface area contributed by atoms with E-state index in [1.54, 1.807) is 0 Å². The molecule has 0 unspecified atom stereocenters. The van der Waals surface area contributed by atoms with Gasteiger partial charge < -0.3 is 0 Å². The Morgan fingerprint density at radius 2 is 2.42 bits per heavy atom. The standard InChI is InChI=1S/C8H8BClN2/c1-2-5-3-4-6-7(9-5)11-12-8(6)10/h3-4H,2H2,1H3,(H,11,12). The Hall–Kier alpha value is -0.825. The van der Waals surface area contributed by atoms with Gasteiger partial charge >= 0.3 is 75.6 Å². The summed E-state index contributed by atoms with van der Waals surface area (Å²) in [4.78, 5) is 0. The van der Waals surface area contributed by atoms with Crippen molar-refractivity contribution in [3.05, 3.63) is 22.7 Å². The van der Waals surface area contributed by atoms with Crippen LogP contribution >= 0.6 is 11.6 Å². The first-order valence-electron chi connectivity index (χ1n) is 3.93. The van der Waals surface area contributed by atoms with E-state index < -0.39 is 0 Å². The fraction of sp³-hybridized carbons (Fsp3) is 0.250. The molecule has 0 aliphatic rings. The summed E-state index contributed by atoms with van der Waals surface area (Å²) in [6.07, 6.45) is 1.03. The number of nitrogens with one attached hydrogen (secondary N) is 1. The number of halogens is 1. The summed E-state index contributed by atoms with van der Waals surface area (Å²) in [7, 11) is 0. The van der Waals surface area contributed by atoms with Gasteiger partial charge in [-0.1, -0.05) is 0 Å². The first-order chi connectivity index (χ1) is 5.81. The molecule has 0 amide bonds. The van der Waals surface area contributed by atoms with E-state index in [2.05, 4.69) is 30.1 Å². The molecule has 0 bridgehead atoms. The molecule has 2 nitrogen and oxygen atoms in total. The number of hydrogen-bond acceptors (Lipinski definition) is 1. The maximum atomic E-state index is 5.83. The summed E-state index contributed by atoms with van der Waals surface area (Å²) in [5.41, 5.74) is 2.31. The van der Waals surface area contributed by atoms with E-state index in [4.69, 9.17) is 11.6 Å². The van der Waals surface area contributed by atoms with Gasteiger partial charge in [0.1, 0.15) is 0 Å². The first kappa shape index (κ1) is 7.81. The van der Waals surface area contributed by atoms with E-state index in [1.807, 2.05) is 6.07 Å². The fourth-order valence-corrected chi connectivity index (χ4v) is 1.46. The van der Waals surface area contributed by atoms with Gasteiger partial charge in [-0.15, -0.1) is 0 Å². The molecule has 4 heteroatoms. The molecule has 2 aromatic heterocycles. The predicted molar refractivity (Wildman–Crippen MR) is 51.8 cm³/mol. The average molecular weight is 178 g/mol. The van der Waals surface area contributed by atoms with Crippen LogP contribution in [0.5, 0.6) is 0 Å². The summed E-state index contributed by atoms with van der Waals surface area (Å²) >= 11 is 5.83. The quantitative estimate of drug-likeness (QED) is 0.712. The first-order valence-corrected chi connectivity index (χ1v) is 4.31. The Labute approximate surface area is 76.1 Å². The molecule has 2 rings (SSSR count). The van der Waals surface area contributed by atoms with Gasteiger partial charge in [-0.2, -0.15) is 0 Å². The molecule has 0 spiro atoms. The number of aromatic nitrogens is 2. The molecular formula is C8H8BClN2. The molecule has 12 heavy (non-hydrogen) atoms. The van der Waals surface area contributed by atoms with E-state index in [-0.39, 0.29) is 0 Å². The van der Waals surface area contributed by atoms with Crippen LogP contribution in [0.25, 0.3) is 10.8 Å². The van der Waals surface area contributed by atoms with Gasteiger partial charge in [0.25, 0.3) is 0 Å². The van der Waals surface area contributed by atoms with Crippen molar-refractivity contribution in [1.29, 1.82) is 0 Å². The van der Waals surface area contributed by atoms with Crippen molar-refractivity contribution in [2.75, 3.05) is 0 Å². The molecule has 2 aromatic rings. The second kappa shape index (κ2) is 2.90. The van der Waals surface area contributed by atoms with Crippen molar-refractivity contribution in [3.8, 4) is 0 Å². The van der Waals surface area contributed by atoms with Gasteiger partial charge in [0.2, 0.25) is 0 Å². The van der Waals surface area contributed by atoms with Gasteiger partial charge in [0.05, 0.1) is 0 Å². The van der Waals surface area contributed by atoms with Gasteiger partial charge in [-0.25, -0.2) is 0 Å². The van der Waals surface area contributed by atoms with Gasteiger partial charge in [0.15, 0.2) is 0 Å². The monoisotopic (exact) mass is 178 g/mol. The number of H-pyrrole nitrogens is 1. The average Bonchev–Trinajstić information content (AvgIpc) is 2.47. The maximum absolute atomic E-state index is 5.83. The van der Waals surface area contributed by atoms with E-state index in [1.165, 1.54) is 5.46 Å². The molecule has 0 aliphatic heterocycles. The Morgan fingerprint density at radius 1 is 1.58 bits per heavy atom. The van der Waals surface area contributed by atoms with E-state index >= 15 is 0 Å². The molecule has 0 saturated carbocycles. The Kier molecular flexibility index (Phi) is 1.89. The summed E-state index contributed by atoms with van der Waals surface area (Å²) in [5.74, 6) is 0. The van der Waals surface area contributed by atoms with Crippen LogP contribution in [0, 0.1) is 0 Å². The van der Waals surface area contributed by atoms with Crippen LogP contribution in [0.2, 0.25) is 5.15 Å². The van der Waals surface area contributed by atoms with Crippen molar-refractivity contribution in [2.24, 2.45) is 0 Å². The minimum atomic E-state index is 0.549. The van der Waals surface area contributed by atoms with E-state index in [0.717, 1.165) is 17.2 Å². The third kappa shape index (κ3) is 1.14. The zero-order valence-electron chi connectivity index (χ0n) is 6.76. The van der Waals surface area contributed by atoms with Crippen molar-refractivity contribution >= 4 is 29.3 Å². The SMILES string of the molecule is CCc1bc2[nH]nc(Cl)c2cc1. The van der Waals surface area contributed by atoms with Crippen molar-refractivity contribution in [1.82, 2.24) is 10.2 Å². The molecule has 60 valence electrons. The molecule has 0 atom stereocenters. The predicted octanol–water partition coefficient (Wildman–Crippen LogP) is 2.12. The van der Waals surface area contributed by atoms with Crippen LogP contribution in [-0.2, 0) is 6.42 Å². The number of fused-ring (bicyclic) bond motifs is 1. The van der Waals surface area contributed by atoms with Crippen molar-refractivity contribution in [2.45, 2.75) is 13.3 Å². The second-order valence-electron chi connectivity index (χ2n) is 2.75. The normalized spacial score (nSPS) is 10.5. The van der Waals surface area contributed by atoms with Crippen LogP contribution in [0.4, 0.5) is 0 Å². The van der Waals surface area contributed by atoms with Crippen LogP contribution in [0.15, 0.2) is 12.1 Å². The molecule has 1 N–H and O–H groups in total. The molecule has 0 saturated heterocycles. The molecule has 0 aliphatic carbocycles. The third-order valence-electron chi connectivity index (χ3n) is 1.99. The Bertz CT molecular complexity index is 410. The number of aromatic amines is 1. The van der Waals surface area contributed by atoms with Crippen LogP contribution in [0.1, 0.15) is 12.4 Å². The number of nitrogens with zero attached hydrogens (tertiary/aromatic N) is 1. The summed E-state index contributed by atoms with van der Waals surface area (Å²) in [6.45, 7) is 4.20. The minimum absolute atomic E-state index is 0.549. The molecular weight excluding hydrogens is 170 g/mol. The zero-order valence-corrected chi connectivity index (χ0v) is 7.52. The number of hydrogen-bond donors (Lipinski definition) is 1. The topological polar surface area (TPSA) is 28.7 Å². The number of rotatable bonds is 1. The Balaban J connectivity index is 2.69. The zero-order chi connectivity index (χ0) is 8.55. The third-order valence-corrected chi connectivity index (χ3v) is 2.28. The summed E-state index contributed by atoms with van der Waals surface area (Å²) < 4.78 is 0. The van der Waals surface area contributed by atoms with Crippen molar-refractivity contribution in [3.63, 3.8) is 0 Å². The van der Waals surface area contributed by atoms with Crippen LogP contribution in [0.3, 0.4) is 0 Å². The Morgan fingerprint density at radius 3 is 3.17 bits per heavy atom. The van der Waals surface area contributed by atoms with Gasteiger partial charge in [-0.05, 0) is 0 Å². The summed E-state index contributed by atoms with van der Waals surface area (Å²) in [5, 5.41) is 8.34. The number of aryl methyl sites for hydroxylation is 1. The van der Waals surface area contributed by atoms with Gasteiger partial charge in [0, 0.05) is 0 Å². The fourth-order valence-electron chi connectivity index (χ4n) is 1.25. The van der Waals surface area contributed by atoms with Crippen molar-refractivity contribution < 1.29 is 0 Å². The van der Waals surface area contributed by atoms with E-state index in [0.29, 0.717) is 5.15 Å². The van der Waals surface area contributed by atoms with Crippen LogP contribution in [-0.4, -0.2) is 17.1 Å². The molecule has 2 heterocycles. The van der Waals surface area contributed by atoms with Crippen LogP contribution < -0.4 is 0 Å². The molecule has 0 radical (unpaired) electrons. The molecule has 0 aromatic carbocycles.